The number of hydrogen-bond donors (Lipinski definition) is 2. The Morgan fingerprint density at radius 1 is 1.03 bits per heavy atom. The van der Waals surface area contributed by atoms with Gasteiger partial charge in [0.2, 0.25) is 10.0 Å². The van der Waals surface area contributed by atoms with Crippen LogP contribution in [0.2, 0.25) is 0 Å². The van der Waals surface area contributed by atoms with Gasteiger partial charge in [-0.25, -0.2) is 8.42 Å². The highest BCUT2D eigenvalue weighted by Crippen LogP contribution is 2.41. The Bertz CT molecular complexity index is 1460. The summed E-state index contributed by atoms with van der Waals surface area (Å²) in [5.41, 5.74) is 4.46. The molecule has 1 heterocycles. The SMILES string of the molecule is CNC(=O)c1c(-c2ccc(C)cc2)oc2cc(N(CCCO)S(C)(=O)=O)c(-c3ccccc3)cc12. The van der Waals surface area contributed by atoms with Crippen LogP contribution >= 0.6 is 0 Å². The van der Waals surface area contributed by atoms with Crippen LogP contribution in [0, 0.1) is 6.92 Å². The van der Waals surface area contributed by atoms with Crippen LogP contribution in [0.4, 0.5) is 5.69 Å². The van der Waals surface area contributed by atoms with Crippen molar-refractivity contribution in [3.05, 3.63) is 77.9 Å². The molecule has 1 amide bonds. The van der Waals surface area contributed by atoms with E-state index in [2.05, 4.69) is 5.32 Å². The molecule has 4 rings (SSSR count). The molecule has 0 aliphatic carbocycles. The average Bonchev–Trinajstić information content (AvgIpc) is 3.22. The molecule has 0 saturated carbocycles. The van der Waals surface area contributed by atoms with Crippen molar-refractivity contribution < 1.29 is 22.7 Å². The van der Waals surface area contributed by atoms with Gasteiger partial charge in [0.1, 0.15) is 11.3 Å². The van der Waals surface area contributed by atoms with E-state index in [4.69, 9.17) is 4.42 Å². The summed E-state index contributed by atoms with van der Waals surface area (Å²) in [5.74, 6) is 0.114. The lowest BCUT2D eigenvalue weighted by Crippen LogP contribution is -2.31. The topological polar surface area (TPSA) is 99.8 Å². The molecule has 3 aromatic carbocycles. The molecule has 2 N–H and O–H groups in total. The van der Waals surface area contributed by atoms with E-state index in [-0.39, 0.29) is 25.5 Å². The lowest BCUT2D eigenvalue weighted by Gasteiger charge is -2.25. The molecule has 0 spiro atoms. The molecule has 35 heavy (non-hydrogen) atoms. The van der Waals surface area contributed by atoms with Gasteiger partial charge in [0, 0.05) is 42.8 Å². The minimum Gasteiger partial charge on any atom is -0.455 e. The first-order valence-electron chi connectivity index (χ1n) is 11.3. The van der Waals surface area contributed by atoms with Crippen molar-refractivity contribution in [1.82, 2.24) is 5.32 Å². The molecule has 0 fully saturated rings. The Kier molecular flexibility index (Phi) is 6.95. The molecule has 0 aliphatic heterocycles. The third-order valence-electron chi connectivity index (χ3n) is 5.85. The first-order chi connectivity index (χ1) is 16.7. The zero-order valence-corrected chi connectivity index (χ0v) is 20.7. The maximum absolute atomic E-state index is 13.0. The Morgan fingerprint density at radius 3 is 2.31 bits per heavy atom. The predicted octanol–water partition coefficient (Wildman–Crippen LogP) is 4.58. The van der Waals surface area contributed by atoms with Crippen LogP contribution in [0.5, 0.6) is 0 Å². The summed E-state index contributed by atoms with van der Waals surface area (Å²) in [6, 6.07) is 20.5. The van der Waals surface area contributed by atoms with Crippen molar-refractivity contribution in [2.24, 2.45) is 0 Å². The highest BCUT2D eigenvalue weighted by molar-refractivity contribution is 7.92. The number of fused-ring (bicyclic) bond motifs is 1. The van der Waals surface area contributed by atoms with E-state index >= 15 is 0 Å². The fourth-order valence-corrected chi connectivity index (χ4v) is 5.09. The number of carbonyl (C=O) groups excluding carboxylic acids is 1. The number of amides is 1. The van der Waals surface area contributed by atoms with Gasteiger partial charge >= 0.3 is 0 Å². The van der Waals surface area contributed by atoms with E-state index in [0.29, 0.717) is 33.5 Å². The summed E-state index contributed by atoms with van der Waals surface area (Å²) < 4.78 is 33.1. The number of aliphatic hydroxyl groups excluding tert-OH is 1. The van der Waals surface area contributed by atoms with Crippen LogP contribution in [-0.2, 0) is 10.0 Å². The van der Waals surface area contributed by atoms with Gasteiger partial charge in [0.15, 0.2) is 0 Å². The van der Waals surface area contributed by atoms with E-state index in [1.54, 1.807) is 13.1 Å². The number of rotatable bonds is 8. The van der Waals surface area contributed by atoms with Gasteiger partial charge < -0.3 is 14.8 Å². The number of aliphatic hydroxyl groups is 1. The standard InChI is InChI=1S/C27H28N2O5S/c1-18-10-12-20(13-11-18)26-25(27(31)28-2)22-16-21(19-8-5-4-6-9-19)23(17-24(22)34-26)29(14-7-15-30)35(3,32)33/h4-6,8-13,16-17,30H,7,14-15H2,1-3H3,(H,28,31). The van der Waals surface area contributed by atoms with Crippen LogP contribution in [-0.4, -0.2) is 45.9 Å². The molecule has 1 aromatic heterocycles. The number of carbonyl (C=O) groups is 1. The van der Waals surface area contributed by atoms with Gasteiger partial charge in [-0.15, -0.1) is 0 Å². The summed E-state index contributed by atoms with van der Waals surface area (Å²) in [6.07, 6.45) is 1.41. The highest BCUT2D eigenvalue weighted by Gasteiger charge is 2.27. The molecule has 0 atom stereocenters. The monoisotopic (exact) mass is 492 g/mol. The van der Waals surface area contributed by atoms with E-state index < -0.39 is 10.0 Å². The third-order valence-corrected chi connectivity index (χ3v) is 7.03. The van der Waals surface area contributed by atoms with Crippen LogP contribution < -0.4 is 9.62 Å². The Labute approximate surface area is 205 Å². The second-order valence-electron chi connectivity index (χ2n) is 8.40. The number of benzene rings is 3. The Morgan fingerprint density at radius 2 is 1.71 bits per heavy atom. The zero-order valence-electron chi connectivity index (χ0n) is 19.9. The minimum atomic E-state index is -3.67. The minimum absolute atomic E-state index is 0.106. The fraction of sp³-hybridized carbons (Fsp3) is 0.222. The Balaban J connectivity index is 2.06. The zero-order chi connectivity index (χ0) is 25.2. The van der Waals surface area contributed by atoms with Crippen molar-refractivity contribution in [3.8, 4) is 22.5 Å². The van der Waals surface area contributed by atoms with Gasteiger partial charge in [-0.3, -0.25) is 9.10 Å². The summed E-state index contributed by atoms with van der Waals surface area (Å²) in [5, 5.41) is 12.7. The first kappa shape index (κ1) is 24.5. The summed E-state index contributed by atoms with van der Waals surface area (Å²) in [4.78, 5) is 13.0. The van der Waals surface area contributed by atoms with E-state index in [0.717, 1.165) is 22.9 Å². The Hall–Kier alpha value is -3.62. The average molecular weight is 493 g/mol. The first-order valence-corrected chi connectivity index (χ1v) is 13.1. The number of hydrogen-bond acceptors (Lipinski definition) is 5. The number of nitrogens with zero attached hydrogens (tertiary/aromatic N) is 1. The molecule has 0 saturated heterocycles. The second-order valence-corrected chi connectivity index (χ2v) is 10.3. The number of sulfonamides is 1. The smallest absolute Gasteiger partial charge is 0.255 e. The maximum atomic E-state index is 13.0. The summed E-state index contributed by atoms with van der Waals surface area (Å²) in [6.45, 7) is 1.94. The lowest BCUT2D eigenvalue weighted by molar-refractivity contribution is 0.0964. The van der Waals surface area contributed by atoms with Gasteiger partial charge in [0.05, 0.1) is 17.5 Å². The largest absolute Gasteiger partial charge is 0.455 e. The molecule has 4 aromatic rings. The molecular formula is C27H28N2O5S. The summed E-state index contributed by atoms with van der Waals surface area (Å²) in [7, 11) is -2.11. The van der Waals surface area contributed by atoms with Crippen molar-refractivity contribution >= 4 is 32.6 Å². The van der Waals surface area contributed by atoms with Gasteiger partial charge in [-0.1, -0.05) is 60.2 Å². The third kappa shape index (κ3) is 4.94. The molecule has 7 nitrogen and oxygen atoms in total. The maximum Gasteiger partial charge on any atom is 0.255 e. The highest BCUT2D eigenvalue weighted by atomic mass is 32.2. The van der Waals surface area contributed by atoms with Gasteiger partial charge in [-0.05, 0) is 25.0 Å². The lowest BCUT2D eigenvalue weighted by atomic mass is 9.98. The van der Waals surface area contributed by atoms with E-state index in [1.165, 1.54) is 4.31 Å². The van der Waals surface area contributed by atoms with Crippen molar-refractivity contribution in [2.45, 2.75) is 13.3 Å². The second kappa shape index (κ2) is 9.93. The van der Waals surface area contributed by atoms with Crippen LogP contribution in [0.25, 0.3) is 33.4 Å². The molecular weight excluding hydrogens is 464 g/mol. The molecule has 0 bridgehead atoms. The van der Waals surface area contributed by atoms with Crippen LogP contribution in [0.3, 0.4) is 0 Å². The summed E-state index contributed by atoms with van der Waals surface area (Å²) >= 11 is 0. The molecule has 0 radical (unpaired) electrons. The van der Waals surface area contributed by atoms with Crippen LogP contribution in [0.15, 0.2) is 71.1 Å². The quantitative estimate of drug-likeness (QED) is 0.375. The van der Waals surface area contributed by atoms with Gasteiger partial charge in [-0.2, -0.15) is 0 Å². The number of anilines is 1. The van der Waals surface area contributed by atoms with Gasteiger partial charge in [0.25, 0.3) is 5.91 Å². The molecule has 0 aliphatic rings. The van der Waals surface area contributed by atoms with Crippen molar-refractivity contribution in [3.63, 3.8) is 0 Å². The predicted molar refractivity (Wildman–Crippen MR) is 139 cm³/mol. The number of furan rings is 1. The number of nitrogens with one attached hydrogen (secondary N) is 1. The normalized spacial score (nSPS) is 11.5. The fourth-order valence-electron chi connectivity index (χ4n) is 4.13. The molecule has 8 heteroatoms. The molecule has 182 valence electrons. The van der Waals surface area contributed by atoms with E-state index in [9.17, 15) is 18.3 Å². The van der Waals surface area contributed by atoms with Crippen molar-refractivity contribution in [2.75, 3.05) is 30.8 Å². The van der Waals surface area contributed by atoms with Crippen LogP contribution in [0.1, 0.15) is 22.3 Å². The van der Waals surface area contributed by atoms with E-state index in [1.807, 2.05) is 67.6 Å². The van der Waals surface area contributed by atoms with Crippen molar-refractivity contribution in [1.29, 1.82) is 0 Å². The molecule has 0 unspecified atom stereocenters. The number of aryl methyl sites for hydroxylation is 1.